The minimum atomic E-state index is -4.80. The second-order valence-electron chi connectivity index (χ2n) is 7.76. The Balaban J connectivity index is 1.90. The fourth-order valence-electron chi connectivity index (χ4n) is 4.31. The van der Waals surface area contributed by atoms with Crippen LogP contribution < -0.4 is 14.8 Å². The molecule has 0 saturated carbocycles. The fraction of sp³-hybridized carbons (Fsp3) is 0.391. The van der Waals surface area contributed by atoms with E-state index in [0.717, 1.165) is 31.5 Å². The van der Waals surface area contributed by atoms with Crippen LogP contribution in [-0.4, -0.2) is 43.6 Å². The molecule has 8 heteroatoms. The number of fused-ring (bicyclic) bond motifs is 1. The van der Waals surface area contributed by atoms with Gasteiger partial charge in [-0.1, -0.05) is 6.07 Å². The average molecular weight is 434 g/mol. The highest BCUT2D eigenvalue weighted by Gasteiger charge is 2.42. The number of methoxy groups -OCH3 is 2. The Morgan fingerprint density at radius 3 is 2.35 bits per heavy atom. The summed E-state index contributed by atoms with van der Waals surface area (Å²) in [4.78, 5) is 3.08. The standard InChI is InChI=1S/C23H25F3N2O3/c1-30-18-6-4-15(12-19(18)31-2)21-20(22(29)23(24,25)26)16-11-14(3-5-17(16)28-21)13-7-9-27-10-8-13/h3-6,11-13,22,27-29H,7-10H2,1-2H3. The van der Waals surface area contributed by atoms with Crippen LogP contribution >= 0.6 is 0 Å². The van der Waals surface area contributed by atoms with Gasteiger partial charge in [0.2, 0.25) is 0 Å². The summed E-state index contributed by atoms with van der Waals surface area (Å²) in [7, 11) is 2.95. The lowest BCUT2D eigenvalue weighted by molar-refractivity contribution is -0.206. The number of hydrogen-bond donors (Lipinski definition) is 3. The van der Waals surface area contributed by atoms with Gasteiger partial charge in [0, 0.05) is 22.0 Å². The van der Waals surface area contributed by atoms with Crippen molar-refractivity contribution in [3.8, 4) is 22.8 Å². The van der Waals surface area contributed by atoms with Crippen LogP contribution in [0.15, 0.2) is 36.4 Å². The second-order valence-corrected chi connectivity index (χ2v) is 7.76. The van der Waals surface area contributed by atoms with Gasteiger partial charge in [-0.2, -0.15) is 13.2 Å². The molecular formula is C23H25F3N2O3. The molecule has 0 aliphatic carbocycles. The number of aliphatic hydroxyl groups excluding tert-OH is 1. The second kappa shape index (κ2) is 8.43. The normalized spacial score (nSPS) is 16.5. The molecule has 0 amide bonds. The average Bonchev–Trinajstić information content (AvgIpc) is 3.16. The summed E-state index contributed by atoms with van der Waals surface area (Å²) in [6.45, 7) is 1.76. The van der Waals surface area contributed by atoms with E-state index in [-0.39, 0.29) is 17.2 Å². The summed E-state index contributed by atoms with van der Waals surface area (Å²) in [5.74, 6) is 1.14. The number of rotatable bonds is 5. The van der Waals surface area contributed by atoms with Gasteiger partial charge in [-0.05, 0) is 67.7 Å². The lowest BCUT2D eigenvalue weighted by Crippen LogP contribution is -2.26. The maximum atomic E-state index is 13.6. The number of aliphatic hydroxyl groups is 1. The maximum Gasteiger partial charge on any atom is 0.418 e. The minimum absolute atomic E-state index is 0.175. The Kier molecular flexibility index (Phi) is 5.85. The topological polar surface area (TPSA) is 66.5 Å². The van der Waals surface area contributed by atoms with Crippen molar-refractivity contribution in [3.05, 3.63) is 47.5 Å². The first-order valence-corrected chi connectivity index (χ1v) is 10.2. The van der Waals surface area contributed by atoms with Gasteiger partial charge < -0.3 is 24.9 Å². The molecule has 2 aromatic carbocycles. The third-order valence-electron chi connectivity index (χ3n) is 5.93. The number of ether oxygens (including phenoxy) is 2. The predicted octanol–water partition coefficient (Wildman–Crippen LogP) is 4.91. The lowest BCUT2D eigenvalue weighted by atomic mass is 9.88. The smallest absolute Gasteiger partial charge is 0.418 e. The number of halogens is 3. The highest BCUT2D eigenvalue weighted by Crippen LogP contribution is 2.44. The molecule has 5 nitrogen and oxygen atoms in total. The Labute approximate surface area is 178 Å². The molecule has 0 bridgehead atoms. The molecule has 3 aromatic rings. The van der Waals surface area contributed by atoms with Crippen LogP contribution in [0.4, 0.5) is 13.2 Å². The zero-order valence-electron chi connectivity index (χ0n) is 17.3. The van der Waals surface area contributed by atoms with Crippen molar-refractivity contribution in [1.82, 2.24) is 10.3 Å². The Hall–Kier alpha value is -2.71. The molecule has 1 aliphatic rings. The Bertz CT molecular complexity index is 1070. The van der Waals surface area contributed by atoms with Gasteiger partial charge in [-0.25, -0.2) is 0 Å². The molecule has 1 aliphatic heterocycles. The van der Waals surface area contributed by atoms with Crippen LogP contribution in [0.3, 0.4) is 0 Å². The van der Waals surface area contributed by atoms with Crippen LogP contribution in [0.2, 0.25) is 0 Å². The van der Waals surface area contributed by atoms with Gasteiger partial charge in [0.15, 0.2) is 17.6 Å². The van der Waals surface area contributed by atoms with Crippen LogP contribution in [0.5, 0.6) is 11.5 Å². The summed E-state index contributed by atoms with van der Waals surface area (Å²) >= 11 is 0. The number of benzene rings is 2. The quantitative estimate of drug-likeness (QED) is 0.534. The number of aromatic nitrogens is 1. The summed E-state index contributed by atoms with van der Waals surface area (Å²) in [6.07, 6.45) is -5.57. The summed E-state index contributed by atoms with van der Waals surface area (Å²) < 4.78 is 51.5. The van der Waals surface area contributed by atoms with Gasteiger partial charge in [-0.15, -0.1) is 0 Å². The van der Waals surface area contributed by atoms with E-state index in [0.29, 0.717) is 28.0 Å². The molecular weight excluding hydrogens is 409 g/mol. The molecule has 3 N–H and O–H groups in total. The molecule has 4 rings (SSSR count). The summed E-state index contributed by atoms with van der Waals surface area (Å²) in [5.41, 5.74) is 2.03. The molecule has 0 spiro atoms. The largest absolute Gasteiger partial charge is 0.493 e. The van der Waals surface area contributed by atoms with Crippen LogP contribution in [-0.2, 0) is 0 Å². The molecule has 1 atom stereocenters. The van der Waals surface area contributed by atoms with Crippen molar-refractivity contribution < 1.29 is 27.8 Å². The zero-order valence-corrected chi connectivity index (χ0v) is 17.3. The zero-order chi connectivity index (χ0) is 22.2. The predicted molar refractivity (Wildman–Crippen MR) is 113 cm³/mol. The highest BCUT2D eigenvalue weighted by atomic mass is 19.4. The maximum absolute atomic E-state index is 13.6. The first kappa shape index (κ1) is 21.5. The molecule has 1 aromatic heterocycles. The van der Waals surface area contributed by atoms with E-state index in [4.69, 9.17) is 9.47 Å². The van der Waals surface area contributed by atoms with E-state index in [2.05, 4.69) is 10.3 Å². The molecule has 1 fully saturated rings. The Morgan fingerprint density at radius 1 is 1.00 bits per heavy atom. The van der Waals surface area contributed by atoms with Crippen molar-refractivity contribution in [2.45, 2.75) is 31.0 Å². The van der Waals surface area contributed by atoms with Crippen LogP contribution in [0.25, 0.3) is 22.2 Å². The first-order valence-electron chi connectivity index (χ1n) is 10.2. The first-order chi connectivity index (χ1) is 14.8. The van der Waals surface area contributed by atoms with Crippen molar-refractivity contribution in [3.63, 3.8) is 0 Å². The number of H-pyrrole nitrogens is 1. The van der Waals surface area contributed by atoms with Gasteiger partial charge in [-0.3, -0.25) is 0 Å². The van der Waals surface area contributed by atoms with Crippen molar-refractivity contribution in [1.29, 1.82) is 0 Å². The number of alkyl halides is 3. The lowest BCUT2D eigenvalue weighted by Gasteiger charge is -2.23. The van der Waals surface area contributed by atoms with Crippen LogP contribution in [0.1, 0.15) is 36.0 Å². The molecule has 31 heavy (non-hydrogen) atoms. The molecule has 0 radical (unpaired) electrons. The number of hydrogen-bond acceptors (Lipinski definition) is 4. The Morgan fingerprint density at radius 2 is 1.71 bits per heavy atom. The van der Waals surface area contributed by atoms with E-state index in [1.807, 2.05) is 6.07 Å². The molecule has 166 valence electrons. The summed E-state index contributed by atoms with van der Waals surface area (Å²) in [6, 6.07) is 10.4. The minimum Gasteiger partial charge on any atom is -0.493 e. The fourth-order valence-corrected chi connectivity index (χ4v) is 4.31. The van der Waals surface area contributed by atoms with Gasteiger partial charge >= 0.3 is 6.18 Å². The molecule has 1 saturated heterocycles. The highest BCUT2D eigenvalue weighted by molar-refractivity contribution is 5.92. The van der Waals surface area contributed by atoms with E-state index in [1.165, 1.54) is 14.2 Å². The van der Waals surface area contributed by atoms with Gasteiger partial charge in [0.25, 0.3) is 0 Å². The molecule has 1 unspecified atom stereocenters. The van der Waals surface area contributed by atoms with E-state index >= 15 is 0 Å². The summed E-state index contributed by atoms with van der Waals surface area (Å²) in [5, 5.41) is 14.0. The number of aromatic amines is 1. The SMILES string of the molecule is COc1ccc(-c2[nH]c3ccc(C4CCNCC4)cc3c2C(O)C(F)(F)F)cc1OC. The number of piperidine rings is 1. The monoisotopic (exact) mass is 434 g/mol. The third-order valence-corrected chi connectivity index (χ3v) is 5.93. The van der Waals surface area contributed by atoms with E-state index in [9.17, 15) is 18.3 Å². The third kappa shape index (κ3) is 4.09. The van der Waals surface area contributed by atoms with Gasteiger partial charge in [0.1, 0.15) is 0 Å². The van der Waals surface area contributed by atoms with Crippen molar-refractivity contribution in [2.24, 2.45) is 0 Å². The van der Waals surface area contributed by atoms with Crippen molar-refractivity contribution in [2.75, 3.05) is 27.3 Å². The van der Waals surface area contributed by atoms with Crippen molar-refractivity contribution >= 4 is 10.9 Å². The van der Waals surface area contributed by atoms with Gasteiger partial charge in [0.05, 0.1) is 19.9 Å². The van der Waals surface area contributed by atoms with Crippen LogP contribution in [0, 0.1) is 0 Å². The van der Waals surface area contributed by atoms with E-state index < -0.39 is 12.3 Å². The van der Waals surface area contributed by atoms with E-state index in [1.54, 1.807) is 30.3 Å². The number of nitrogens with one attached hydrogen (secondary N) is 2. The molecule has 2 heterocycles.